The molecular weight excluding hydrogens is 430 g/mol. The zero-order valence-electron chi connectivity index (χ0n) is 18.1. The number of hydrogen-bond acceptors (Lipinski definition) is 5. The lowest BCUT2D eigenvalue weighted by atomic mass is 9.96. The van der Waals surface area contributed by atoms with Gasteiger partial charge in [0, 0.05) is 34.9 Å². The number of aliphatic hydroxyl groups is 1. The second kappa shape index (κ2) is 8.45. The normalized spacial score (nSPS) is 14.8. The van der Waals surface area contributed by atoms with Crippen LogP contribution >= 0.6 is 11.6 Å². The maximum atomic E-state index is 12.6. The fourth-order valence-corrected chi connectivity index (χ4v) is 3.73. The van der Waals surface area contributed by atoms with E-state index in [1.807, 2.05) is 44.2 Å². The molecule has 0 aliphatic carbocycles. The number of aromatic nitrogens is 1. The van der Waals surface area contributed by atoms with Gasteiger partial charge in [0.2, 0.25) is 6.23 Å². The molecule has 1 N–H and O–H groups in total. The number of carbonyl (C=O) groups is 1. The van der Waals surface area contributed by atoms with Gasteiger partial charge in [-0.05, 0) is 13.0 Å². The molecule has 0 saturated carbocycles. The smallest absolute Gasteiger partial charge is 0.202 e. The first-order chi connectivity index (χ1) is 15.2. The zero-order valence-corrected chi connectivity index (χ0v) is 18.8. The van der Waals surface area contributed by atoms with E-state index in [0.29, 0.717) is 27.8 Å². The van der Waals surface area contributed by atoms with Gasteiger partial charge in [0.05, 0.1) is 29.5 Å². The van der Waals surface area contributed by atoms with Gasteiger partial charge in [0.1, 0.15) is 11.5 Å². The van der Waals surface area contributed by atoms with Crippen molar-refractivity contribution in [2.24, 2.45) is 5.41 Å². The Morgan fingerprint density at radius 3 is 2.59 bits per heavy atom. The van der Waals surface area contributed by atoms with Gasteiger partial charge in [-0.25, -0.2) is 0 Å². The van der Waals surface area contributed by atoms with E-state index < -0.39 is 11.6 Å². The number of ketones is 1. The maximum Gasteiger partial charge on any atom is 0.202 e. The molecule has 1 aromatic heterocycles. The van der Waals surface area contributed by atoms with Crippen molar-refractivity contribution in [3.05, 3.63) is 81.1 Å². The SMILES string of the molecule is CC(=O)c1cn2c(cc1=O)-c1cc(Cl)c(OCC(C)(C)CO)cc1OC2c1ccccc1. The standard InChI is InChI=1S/C25H24ClNO5/c1-15(29)18-12-27-20(10-21(18)30)17-9-19(26)23(31-14-25(2,3)13-28)11-22(17)32-24(27)16-7-5-4-6-8-16/h4-12,24,28H,13-14H2,1-3H3. The van der Waals surface area contributed by atoms with Crippen LogP contribution in [0.25, 0.3) is 11.3 Å². The summed E-state index contributed by atoms with van der Waals surface area (Å²) in [6.07, 6.45) is 0.961. The Balaban J connectivity index is 1.86. The molecule has 6 nitrogen and oxygen atoms in total. The second-order valence-corrected chi connectivity index (χ2v) is 9.08. The molecule has 0 radical (unpaired) electrons. The Labute approximate surface area is 191 Å². The summed E-state index contributed by atoms with van der Waals surface area (Å²) in [6.45, 7) is 5.37. The molecule has 3 aromatic rings. The van der Waals surface area contributed by atoms with E-state index >= 15 is 0 Å². The molecular formula is C25H24ClNO5. The molecule has 0 amide bonds. The monoisotopic (exact) mass is 453 g/mol. The Kier molecular flexibility index (Phi) is 5.84. The van der Waals surface area contributed by atoms with Crippen LogP contribution in [0.4, 0.5) is 0 Å². The van der Waals surface area contributed by atoms with Crippen molar-refractivity contribution in [1.82, 2.24) is 4.57 Å². The van der Waals surface area contributed by atoms with Gasteiger partial charge in [0.15, 0.2) is 11.2 Å². The van der Waals surface area contributed by atoms with E-state index in [1.54, 1.807) is 22.9 Å². The van der Waals surface area contributed by atoms with Gasteiger partial charge in [-0.2, -0.15) is 0 Å². The van der Waals surface area contributed by atoms with Gasteiger partial charge in [-0.1, -0.05) is 55.8 Å². The number of benzene rings is 2. The predicted octanol–water partition coefficient (Wildman–Crippen LogP) is 4.71. The van der Waals surface area contributed by atoms with Crippen LogP contribution in [0.1, 0.15) is 42.9 Å². The van der Waals surface area contributed by atoms with E-state index in [2.05, 4.69) is 0 Å². The number of aliphatic hydroxyl groups excluding tert-OH is 1. The van der Waals surface area contributed by atoms with Crippen molar-refractivity contribution < 1.29 is 19.4 Å². The number of nitrogens with zero attached hydrogens (tertiary/aromatic N) is 1. The third kappa shape index (κ3) is 4.16. The molecule has 1 aliphatic heterocycles. The van der Waals surface area contributed by atoms with Crippen LogP contribution < -0.4 is 14.9 Å². The molecule has 0 fully saturated rings. The van der Waals surface area contributed by atoms with Crippen molar-refractivity contribution in [1.29, 1.82) is 0 Å². The van der Waals surface area contributed by atoms with Crippen molar-refractivity contribution >= 4 is 17.4 Å². The molecule has 2 heterocycles. The molecule has 7 heteroatoms. The van der Waals surface area contributed by atoms with E-state index in [0.717, 1.165) is 5.56 Å². The molecule has 2 aromatic carbocycles. The number of fused-ring (bicyclic) bond motifs is 3. The van der Waals surface area contributed by atoms with Crippen molar-refractivity contribution in [2.75, 3.05) is 13.2 Å². The molecule has 4 rings (SSSR count). The highest BCUT2D eigenvalue weighted by Crippen LogP contribution is 2.44. The van der Waals surface area contributed by atoms with E-state index in [4.69, 9.17) is 21.1 Å². The lowest BCUT2D eigenvalue weighted by Crippen LogP contribution is -2.27. The lowest BCUT2D eigenvalue weighted by Gasteiger charge is -2.32. The van der Waals surface area contributed by atoms with Crippen molar-refractivity contribution in [3.63, 3.8) is 0 Å². The summed E-state index contributed by atoms with van der Waals surface area (Å²) in [5, 5.41) is 9.85. The molecule has 1 unspecified atom stereocenters. The Bertz CT molecular complexity index is 1230. The third-order valence-electron chi connectivity index (χ3n) is 5.39. The average molecular weight is 454 g/mol. The van der Waals surface area contributed by atoms with Gasteiger partial charge >= 0.3 is 0 Å². The van der Waals surface area contributed by atoms with Crippen LogP contribution in [0.15, 0.2) is 59.5 Å². The van der Waals surface area contributed by atoms with Gasteiger partial charge in [0.25, 0.3) is 0 Å². The number of halogens is 1. The number of Topliss-reactive ketones (excluding diaryl/α,β-unsaturated/α-hetero) is 1. The zero-order chi connectivity index (χ0) is 23.0. The van der Waals surface area contributed by atoms with Crippen LogP contribution in [0, 0.1) is 5.41 Å². The largest absolute Gasteiger partial charge is 0.491 e. The number of carbonyl (C=O) groups excluding carboxylic acids is 1. The molecule has 1 atom stereocenters. The van der Waals surface area contributed by atoms with Crippen molar-refractivity contribution in [3.8, 4) is 22.8 Å². The number of hydrogen-bond donors (Lipinski definition) is 1. The number of pyridine rings is 1. The lowest BCUT2D eigenvalue weighted by molar-refractivity contribution is 0.0971. The molecule has 166 valence electrons. The highest BCUT2D eigenvalue weighted by atomic mass is 35.5. The minimum atomic E-state index is -0.583. The average Bonchev–Trinajstić information content (AvgIpc) is 2.77. The first kappa shape index (κ1) is 22.1. The Morgan fingerprint density at radius 2 is 1.94 bits per heavy atom. The molecule has 0 saturated heterocycles. The van der Waals surface area contributed by atoms with Crippen LogP contribution in [0.3, 0.4) is 0 Å². The van der Waals surface area contributed by atoms with E-state index in [-0.39, 0.29) is 30.0 Å². The summed E-state index contributed by atoms with van der Waals surface area (Å²) >= 11 is 6.49. The summed E-state index contributed by atoms with van der Waals surface area (Å²) < 4.78 is 14.0. The van der Waals surface area contributed by atoms with Gasteiger partial charge < -0.3 is 19.1 Å². The highest BCUT2D eigenvalue weighted by Gasteiger charge is 2.29. The first-order valence-electron chi connectivity index (χ1n) is 10.3. The number of ether oxygens (including phenoxy) is 2. The Morgan fingerprint density at radius 1 is 1.22 bits per heavy atom. The fourth-order valence-electron chi connectivity index (χ4n) is 3.51. The highest BCUT2D eigenvalue weighted by molar-refractivity contribution is 6.32. The predicted molar refractivity (Wildman–Crippen MR) is 123 cm³/mol. The summed E-state index contributed by atoms with van der Waals surface area (Å²) in [5.41, 5.74) is 1.39. The van der Waals surface area contributed by atoms with Crippen LogP contribution in [-0.4, -0.2) is 28.7 Å². The summed E-state index contributed by atoms with van der Waals surface area (Å²) in [5.74, 6) is 0.626. The summed E-state index contributed by atoms with van der Waals surface area (Å²) in [4.78, 5) is 24.6. The molecule has 32 heavy (non-hydrogen) atoms. The van der Waals surface area contributed by atoms with Crippen LogP contribution in [-0.2, 0) is 0 Å². The minimum absolute atomic E-state index is 0.0308. The molecule has 0 bridgehead atoms. The third-order valence-corrected chi connectivity index (χ3v) is 5.69. The van der Waals surface area contributed by atoms with Crippen molar-refractivity contribution in [2.45, 2.75) is 27.0 Å². The fraction of sp³-hybridized carbons (Fsp3) is 0.280. The quantitative estimate of drug-likeness (QED) is 0.547. The van der Waals surface area contributed by atoms with Crippen LogP contribution in [0.2, 0.25) is 5.02 Å². The van der Waals surface area contributed by atoms with Gasteiger partial charge in [-0.3, -0.25) is 9.59 Å². The number of rotatable bonds is 6. The first-order valence-corrected chi connectivity index (χ1v) is 10.6. The summed E-state index contributed by atoms with van der Waals surface area (Å²) in [7, 11) is 0. The Hall–Kier alpha value is -3.09. The van der Waals surface area contributed by atoms with E-state index in [9.17, 15) is 14.7 Å². The van der Waals surface area contributed by atoms with E-state index in [1.165, 1.54) is 13.0 Å². The van der Waals surface area contributed by atoms with Crippen LogP contribution in [0.5, 0.6) is 11.5 Å². The second-order valence-electron chi connectivity index (χ2n) is 8.67. The maximum absolute atomic E-state index is 12.6. The summed E-state index contributed by atoms with van der Waals surface area (Å²) in [6, 6.07) is 14.4. The molecule has 0 spiro atoms. The van der Waals surface area contributed by atoms with Gasteiger partial charge in [-0.15, -0.1) is 0 Å². The minimum Gasteiger partial charge on any atom is -0.491 e. The molecule has 1 aliphatic rings. The topological polar surface area (TPSA) is 77.8 Å².